The zero-order valence-electron chi connectivity index (χ0n) is 13.2. The second-order valence-electron chi connectivity index (χ2n) is 5.90. The molecule has 3 aromatic carbocycles. The molecule has 0 bridgehead atoms. The fourth-order valence-electron chi connectivity index (χ4n) is 2.79. The number of alkyl halides is 1. The van der Waals surface area contributed by atoms with Crippen LogP contribution in [0.3, 0.4) is 0 Å². The highest BCUT2D eigenvalue weighted by atomic mass is 35.5. The normalized spacial score (nSPS) is 20.2. The van der Waals surface area contributed by atoms with Gasteiger partial charge in [0.1, 0.15) is 5.84 Å². The SMILES string of the molecule is CC1(Cl)N=C(c2ccc3ccccc3c2)N=C(c2ccccc2)N1. The van der Waals surface area contributed by atoms with Crippen LogP contribution in [0.5, 0.6) is 0 Å². The molecule has 118 valence electrons. The Morgan fingerprint density at radius 1 is 0.833 bits per heavy atom. The van der Waals surface area contributed by atoms with Crippen molar-refractivity contribution in [1.82, 2.24) is 5.32 Å². The van der Waals surface area contributed by atoms with Crippen LogP contribution in [0.1, 0.15) is 18.1 Å². The summed E-state index contributed by atoms with van der Waals surface area (Å²) in [5.74, 6) is 1.36. The van der Waals surface area contributed by atoms with Crippen molar-refractivity contribution in [1.29, 1.82) is 0 Å². The van der Waals surface area contributed by atoms with Crippen molar-refractivity contribution in [2.45, 2.75) is 12.0 Å². The van der Waals surface area contributed by atoms with Crippen molar-refractivity contribution in [3.05, 3.63) is 83.9 Å². The van der Waals surface area contributed by atoms with E-state index >= 15 is 0 Å². The van der Waals surface area contributed by atoms with E-state index < -0.39 is 5.12 Å². The first-order valence-electron chi connectivity index (χ1n) is 7.81. The van der Waals surface area contributed by atoms with Crippen molar-refractivity contribution in [3.8, 4) is 0 Å². The van der Waals surface area contributed by atoms with Crippen LogP contribution in [-0.2, 0) is 0 Å². The van der Waals surface area contributed by atoms with Crippen molar-refractivity contribution in [2.75, 3.05) is 0 Å². The summed E-state index contributed by atoms with van der Waals surface area (Å²) in [4.78, 5) is 9.25. The molecule has 0 amide bonds. The number of hydrogen-bond acceptors (Lipinski definition) is 3. The van der Waals surface area contributed by atoms with Gasteiger partial charge in [-0.2, -0.15) is 0 Å². The van der Waals surface area contributed by atoms with E-state index in [9.17, 15) is 0 Å². The minimum atomic E-state index is -0.923. The van der Waals surface area contributed by atoms with Crippen LogP contribution < -0.4 is 5.32 Å². The summed E-state index contributed by atoms with van der Waals surface area (Å²) in [5, 5.41) is 4.60. The Bertz CT molecular complexity index is 959. The lowest BCUT2D eigenvalue weighted by Crippen LogP contribution is -2.44. The average Bonchev–Trinajstić information content (AvgIpc) is 2.61. The summed E-state index contributed by atoms with van der Waals surface area (Å²) < 4.78 is 0. The predicted molar refractivity (Wildman–Crippen MR) is 101 cm³/mol. The number of nitrogens with zero attached hydrogens (tertiary/aromatic N) is 2. The van der Waals surface area contributed by atoms with Crippen molar-refractivity contribution < 1.29 is 0 Å². The van der Waals surface area contributed by atoms with Gasteiger partial charge in [-0.1, -0.05) is 78.3 Å². The van der Waals surface area contributed by atoms with Gasteiger partial charge in [-0.05, 0) is 23.8 Å². The standard InChI is InChI=1S/C20H16ClN3/c1-20(21)23-18(15-8-3-2-4-9-15)22-19(24-20)17-12-11-14-7-5-6-10-16(14)13-17/h2-13H,1H3,(H,22,23,24). The fraction of sp³-hybridized carbons (Fsp3) is 0.100. The number of halogens is 1. The van der Waals surface area contributed by atoms with Crippen LogP contribution in [0, 0.1) is 0 Å². The van der Waals surface area contributed by atoms with Crippen molar-refractivity contribution in [3.63, 3.8) is 0 Å². The van der Waals surface area contributed by atoms with Crippen molar-refractivity contribution in [2.24, 2.45) is 9.98 Å². The molecule has 3 nitrogen and oxygen atoms in total. The first kappa shape index (κ1) is 14.9. The van der Waals surface area contributed by atoms with E-state index in [1.807, 2.05) is 55.5 Å². The predicted octanol–water partition coefficient (Wildman–Crippen LogP) is 4.55. The molecule has 0 fully saturated rings. The Hall–Kier alpha value is -2.65. The fourth-order valence-corrected chi connectivity index (χ4v) is 2.96. The van der Waals surface area contributed by atoms with E-state index in [1.165, 1.54) is 5.39 Å². The van der Waals surface area contributed by atoms with Gasteiger partial charge < -0.3 is 5.32 Å². The number of amidine groups is 2. The summed E-state index contributed by atoms with van der Waals surface area (Å²) in [7, 11) is 0. The zero-order chi connectivity index (χ0) is 16.6. The van der Waals surface area contributed by atoms with Gasteiger partial charge in [0.2, 0.25) is 5.12 Å². The van der Waals surface area contributed by atoms with E-state index in [4.69, 9.17) is 16.6 Å². The summed E-state index contributed by atoms with van der Waals surface area (Å²) >= 11 is 6.50. The highest BCUT2D eigenvalue weighted by Crippen LogP contribution is 2.23. The molecule has 1 unspecified atom stereocenters. The molecular formula is C20H16ClN3. The summed E-state index contributed by atoms with van der Waals surface area (Å²) in [6, 6.07) is 24.4. The van der Waals surface area contributed by atoms with E-state index in [1.54, 1.807) is 0 Å². The van der Waals surface area contributed by atoms with Crippen LogP contribution in [0.25, 0.3) is 10.8 Å². The van der Waals surface area contributed by atoms with Crippen LogP contribution in [0.4, 0.5) is 0 Å². The molecule has 1 aliphatic rings. The Morgan fingerprint density at radius 2 is 1.54 bits per heavy atom. The monoisotopic (exact) mass is 333 g/mol. The minimum Gasteiger partial charge on any atom is -0.333 e. The third kappa shape index (κ3) is 2.91. The molecule has 0 aliphatic carbocycles. The lowest BCUT2D eigenvalue weighted by atomic mass is 10.1. The Balaban J connectivity index is 1.82. The van der Waals surface area contributed by atoms with Crippen LogP contribution in [-0.4, -0.2) is 16.8 Å². The number of fused-ring (bicyclic) bond motifs is 1. The second kappa shape index (κ2) is 5.77. The first-order valence-corrected chi connectivity index (χ1v) is 8.19. The van der Waals surface area contributed by atoms with E-state index in [-0.39, 0.29) is 0 Å². The van der Waals surface area contributed by atoms with E-state index in [2.05, 4.69) is 34.6 Å². The van der Waals surface area contributed by atoms with Crippen molar-refractivity contribution >= 4 is 34.0 Å². The van der Waals surface area contributed by atoms with Gasteiger partial charge in [-0.3, -0.25) is 0 Å². The molecule has 0 spiro atoms. The lowest BCUT2D eigenvalue weighted by molar-refractivity contribution is 0.614. The van der Waals surface area contributed by atoms with Crippen LogP contribution >= 0.6 is 11.6 Å². The topological polar surface area (TPSA) is 36.8 Å². The second-order valence-corrected chi connectivity index (χ2v) is 6.64. The van der Waals surface area contributed by atoms with Gasteiger partial charge in [0.25, 0.3) is 0 Å². The largest absolute Gasteiger partial charge is 0.333 e. The van der Waals surface area contributed by atoms with E-state index in [0.717, 1.165) is 22.3 Å². The minimum absolute atomic E-state index is 0.635. The molecule has 4 heteroatoms. The summed E-state index contributed by atoms with van der Waals surface area (Å²) in [6.07, 6.45) is 0. The van der Waals surface area contributed by atoms with Gasteiger partial charge >= 0.3 is 0 Å². The molecule has 0 radical (unpaired) electrons. The average molecular weight is 334 g/mol. The summed E-state index contributed by atoms with van der Waals surface area (Å²) in [6.45, 7) is 1.83. The number of nitrogens with one attached hydrogen (secondary N) is 1. The molecule has 24 heavy (non-hydrogen) atoms. The molecule has 0 saturated heterocycles. The first-order chi connectivity index (χ1) is 11.6. The maximum atomic E-state index is 6.50. The smallest absolute Gasteiger partial charge is 0.206 e. The van der Waals surface area contributed by atoms with Gasteiger partial charge in [0.15, 0.2) is 5.84 Å². The lowest BCUT2D eigenvalue weighted by Gasteiger charge is -2.27. The van der Waals surface area contributed by atoms with Gasteiger partial charge in [-0.25, -0.2) is 9.98 Å². The molecule has 1 heterocycles. The Labute approximate surface area is 145 Å². The molecule has 1 N–H and O–H groups in total. The van der Waals surface area contributed by atoms with E-state index in [0.29, 0.717) is 5.84 Å². The molecule has 3 aromatic rings. The van der Waals surface area contributed by atoms with Crippen LogP contribution in [0.15, 0.2) is 82.8 Å². The Kier molecular flexibility index (Phi) is 3.58. The highest BCUT2D eigenvalue weighted by molar-refractivity contribution is 6.28. The molecule has 4 rings (SSSR count). The molecule has 0 aromatic heterocycles. The highest BCUT2D eigenvalue weighted by Gasteiger charge is 2.27. The quantitative estimate of drug-likeness (QED) is 0.542. The van der Waals surface area contributed by atoms with Gasteiger partial charge in [0.05, 0.1) is 0 Å². The molecule has 1 atom stereocenters. The molecule has 0 saturated carbocycles. The maximum Gasteiger partial charge on any atom is 0.206 e. The van der Waals surface area contributed by atoms with Gasteiger partial charge in [-0.15, -0.1) is 0 Å². The number of benzene rings is 3. The molecular weight excluding hydrogens is 318 g/mol. The number of hydrogen-bond donors (Lipinski definition) is 1. The third-order valence-electron chi connectivity index (χ3n) is 3.94. The number of rotatable bonds is 2. The third-order valence-corrected chi connectivity index (χ3v) is 4.11. The maximum absolute atomic E-state index is 6.50. The van der Waals surface area contributed by atoms with Gasteiger partial charge in [0, 0.05) is 11.1 Å². The number of aliphatic imine (C=N–C) groups is 2. The Morgan fingerprint density at radius 3 is 2.33 bits per heavy atom. The molecule has 1 aliphatic heterocycles. The van der Waals surface area contributed by atoms with Crippen LogP contribution in [0.2, 0.25) is 0 Å². The summed E-state index contributed by atoms with van der Waals surface area (Å²) in [5.41, 5.74) is 1.94. The zero-order valence-corrected chi connectivity index (χ0v) is 14.0.